The van der Waals surface area contributed by atoms with Crippen LogP contribution in [0.5, 0.6) is 0 Å². The lowest BCUT2D eigenvalue weighted by molar-refractivity contribution is 0.992. The summed E-state index contributed by atoms with van der Waals surface area (Å²) in [5, 5.41) is 0. The summed E-state index contributed by atoms with van der Waals surface area (Å²) in [7, 11) is 0. The number of hydrogen-bond acceptors (Lipinski definition) is 3. The van der Waals surface area contributed by atoms with Gasteiger partial charge in [-0.15, -0.1) is 0 Å². The zero-order chi connectivity index (χ0) is 9.68. The molecule has 1 aromatic heterocycles. The third-order valence-electron chi connectivity index (χ3n) is 1.54. The van der Waals surface area contributed by atoms with Gasteiger partial charge in [0.15, 0.2) is 0 Å². The predicted molar refractivity (Wildman–Crippen MR) is 62.6 cm³/mol. The molecule has 13 heavy (non-hydrogen) atoms. The van der Waals surface area contributed by atoms with Crippen LogP contribution < -0.4 is 0 Å². The van der Waals surface area contributed by atoms with Crippen LogP contribution in [0.15, 0.2) is 6.20 Å². The first kappa shape index (κ1) is 10.7. The normalized spacial score (nSPS) is 10.3. The molecular formula is C9H14N2S2. The summed E-state index contributed by atoms with van der Waals surface area (Å²) in [4.78, 5) is 8.51. The number of nitrogens with one attached hydrogen (secondary N) is 1. The highest BCUT2D eigenvalue weighted by Gasteiger charge is 1.97. The van der Waals surface area contributed by atoms with Gasteiger partial charge in [-0.2, -0.15) is 11.8 Å². The van der Waals surface area contributed by atoms with Crippen molar-refractivity contribution in [3.8, 4) is 0 Å². The lowest BCUT2D eigenvalue weighted by atomic mass is 10.5. The molecular weight excluding hydrogens is 200 g/mol. The van der Waals surface area contributed by atoms with Crippen LogP contribution in [0.3, 0.4) is 0 Å². The number of aromatic amines is 1. The Bertz CT molecular complexity index is 281. The Kier molecular flexibility index (Phi) is 4.45. The van der Waals surface area contributed by atoms with Crippen LogP contribution in [0, 0.1) is 6.92 Å². The number of nitrogens with zero attached hydrogens (tertiary/aromatic N) is 1. The van der Waals surface area contributed by atoms with Gasteiger partial charge in [-0.25, -0.2) is 4.98 Å². The summed E-state index contributed by atoms with van der Waals surface area (Å²) < 4.78 is 0. The molecule has 0 bridgehead atoms. The Morgan fingerprint density at radius 3 is 3.00 bits per heavy atom. The molecule has 0 aliphatic carbocycles. The standard InChI is InChI=1S/C9H14N2S2/c1-7-5-10-9(11-7)3-4-13-6-8(2)12/h5H,3-4,6H2,1-2H3,(H,10,11). The SMILES string of the molecule is CC(=S)CSCCc1ncc(C)[nH]1. The molecule has 0 aliphatic heterocycles. The van der Waals surface area contributed by atoms with Gasteiger partial charge in [0.1, 0.15) is 5.82 Å². The van der Waals surface area contributed by atoms with Crippen molar-refractivity contribution < 1.29 is 0 Å². The molecule has 1 heterocycles. The summed E-state index contributed by atoms with van der Waals surface area (Å²) in [5.74, 6) is 3.14. The van der Waals surface area contributed by atoms with E-state index in [-0.39, 0.29) is 0 Å². The van der Waals surface area contributed by atoms with Crippen molar-refractivity contribution in [2.45, 2.75) is 20.3 Å². The average Bonchev–Trinajstić information content (AvgIpc) is 2.45. The first-order valence-electron chi connectivity index (χ1n) is 4.26. The molecule has 0 radical (unpaired) electrons. The van der Waals surface area contributed by atoms with Gasteiger partial charge in [0.25, 0.3) is 0 Å². The maximum Gasteiger partial charge on any atom is 0.107 e. The molecule has 0 saturated heterocycles. The zero-order valence-corrected chi connectivity index (χ0v) is 9.60. The summed E-state index contributed by atoms with van der Waals surface area (Å²) in [6.07, 6.45) is 2.87. The molecule has 72 valence electrons. The number of rotatable bonds is 5. The first-order chi connectivity index (χ1) is 6.18. The van der Waals surface area contributed by atoms with Gasteiger partial charge < -0.3 is 4.98 Å². The number of H-pyrrole nitrogens is 1. The van der Waals surface area contributed by atoms with E-state index in [1.54, 1.807) is 0 Å². The third kappa shape index (κ3) is 4.43. The molecule has 0 atom stereocenters. The quantitative estimate of drug-likeness (QED) is 0.602. The molecule has 1 aromatic rings. The summed E-state index contributed by atoms with van der Waals surface area (Å²) >= 11 is 6.85. The van der Waals surface area contributed by atoms with Crippen molar-refractivity contribution in [1.29, 1.82) is 0 Å². The highest BCUT2D eigenvalue weighted by molar-refractivity contribution is 8.01. The van der Waals surface area contributed by atoms with Crippen molar-refractivity contribution >= 4 is 28.8 Å². The third-order valence-corrected chi connectivity index (χ3v) is 3.00. The van der Waals surface area contributed by atoms with Crippen LogP contribution in [0.25, 0.3) is 0 Å². The van der Waals surface area contributed by atoms with Crippen molar-refractivity contribution in [2.24, 2.45) is 0 Å². The topological polar surface area (TPSA) is 28.7 Å². The van der Waals surface area contributed by atoms with Crippen LogP contribution in [-0.4, -0.2) is 26.3 Å². The lowest BCUT2D eigenvalue weighted by Gasteiger charge is -1.97. The molecule has 1 rings (SSSR count). The molecule has 0 aliphatic rings. The fraction of sp³-hybridized carbons (Fsp3) is 0.556. The van der Waals surface area contributed by atoms with Crippen molar-refractivity contribution in [2.75, 3.05) is 11.5 Å². The van der Waals surface area contributed by atoms with Crippen LogP contribution in [0.1, 0.15) is 18.4 Å². The minimum absolute atomic E-state index is 0.981. The molecule has 4 heteroatoms. The number of aromatic nitrogens is 2. The Hall–Kier alpha value is -0.350. The number of aryl methyl sites for hydroxylation is 2. The molecule has 2 nitrogen and oxygen atoms in total. The monoisotopic (exact) mass is 214 g/mol. The van der Waals surface area contributed by atoms with E-state index in [9.17, 15) is 0 Å². The van der Waals surface area contributed by atoms with E-state index in [2.05, 4.69) is 9.97 Å². The molecule has 0 fully saturated rings. The summed E-state index contributed by atoms with van der Waals surface area (Å²) in [6.45, 7) is 4.00. The highest BCUT2D eigenvalue weighted by atomic mass is 32.2. The van der Waals surface area contributed by atoms with Crippen LogP contribution in [-0.2, 0) is 6.42 Å². The van der Waals surface area contributed by atoms with E-state index < -0.39 is 0 Å². The molecule has 0 aromatic carbocycles. The number of thioether (sulfide) groups is 1. The largest absolute Gasteiger partial charge is 0.346 e. The zero-order valence-electron chi connectivity index (χ0n) is 7.96. The van der Waals surface area contributed by atoms with Crippen LogP contribution >= 0.6 is 24.0 Å². The van der Waals surface area contributed by atoms with Crippen molar-refractivity contribution in [3.63, 3.8) is 0 Å². The molecule has 0 unspecified atom stereocenters. The fourth-order valence-electron chi connectivity index (χ4n) is 0.979. The minimum Gasteiger partial charge on any atom is -0.346 e. The van der Waals surface area contributed by atoms with Gasteiger partial charge in [-0.3, -0.25) is 0 Å². The van der Waals surface area contributed by atoms with Crippen molar-refractivity contribution in [1.82, 2.24) is 9.97 Å². The smallest absolute Gasteiger partial charge is 0.107 e. The minimum atomic E-state index is 0.981. The molecule has 0 saturated carbocycles. The predicted octanol–water partition coefficient (Wildman–Crippen LogP) is 2.38. The second-order valence-electron chi connectivity index (χ2n) is 3.02. The van der Waals surface area contributed by atoms with Crippen LogP contribution in [0.2, 0.25) is 0 Å². The Morgan fingerprint density at radius 2 is 2.46 bits per heavy atom. The van der Waals surface area contributed by atoms with Crippen LogP contribution in [0.4, 0.5) is 0 Å². The Morgan fingerprint density at radius 1 is 1.69 bits per heavy atom. The Labute approximate surface area is 88.5 Å². The molecule has 0 spiro atoms. The van der Waals surface area contributed by atoms with Gasteiger partial charge in [-0.1, -0.05) is 12.2 Å². The maximum absolute atomic E-state index is 4.99. The molecule has 0 amide bonds. The van der Waals surface area contributed by atoms with Crippen molar-refractivity contribution in [3.05, 3.63) is 17.7 Å². The number of thiocarbonyl (C=S) groups is 1. The fourth-order valence-corrected chi connectivity index (χ4v) is 2.00. The van der Waals surface area contributed by atoms with Gasteiger partial charge in [-0.05, 0) is 18.7 Å². The van der Waals surface area contributed by atoms with Gasteiger partial charge in [0.05, 0.1) is 0 Å². The summed E-state index contributed by atoms with van der Waals surface area (Å²) in [6, 6.07) is 0. The molecule has 1 N–H and O–H groups in total. The van der Waals surface area contributed by atoms with E-state index in [0.29, 0.717) is 0 Å². The van der Waals surface area contributed by atoms with Gasteiger partial charge in [0, 0.05) is 29.8 Å². The van der Waals surface area contributed by atoms with E-state index in [4.69, 9.17) is 12.2 Å². The van der Waals surface area contributed by atoms with E-state index in [0.717, 1.165) is 34.3 Å². The van der Waals surface area contributed by atoms with E-state index in [1.165, 1.54) is 0 Å². The van der Waals surface area contributed by atoms with Gasteiger partial charge in [0.2, 0.25) is 0 Å². The number of hydrogen-bond donors (Lipinski definition) is 1. The summed E-state index contributed by atoms with van der Waals surface area (Å²) in [5.41, 5.74) is 1.13. The highest BCUT2D eigenvalue weighted by Crippen LogP contribution is 2.05. The maximum atomic E-state index is 4.99. The Balaban J connectivity index is 2.16. The second-order valence-corrected chi connectivity index (χ2v) is 4.82. The lowest BCUT2D eigenvalue weighted by Crippen LogP contribution is -1.96. The second kappa shape index (κ2) is 5.40. The number of imidazole rings is 1. The van der Waals surface area contributed by atoms with E-state index in [1.807, 2.05) is 31.8 Å². The first-order valence-corrected chi connectivity index (χ1v) is 5.82. The van der Waals surface area contributed by atoms with Gasteiger partial charge >= 0.3 is 0 Å². The van der Waals surface area contributed by atoms with E-state index >= 15 is 0 Å². The average molecular weight is 214 g/mol.